The minimum atomic E-state index is -0.416. The highest BCUT2D eigenvalue weighted by Gasteiger charge is 2.31. The predicted octanol–water partition coefficient (Wildman–Crippen LogP) is 2.97. The molecule has 2 fully saturated rings. The first-order valence-electron chi connectivity index (χ1n) is 9.12. The second-order valence-electron chi connectivity index (χ2n) is 7.33. The van der Waals surface area contributed by atoms with Crippen molar-refractivity contribution in [1.29, 1.82) is 0 Å². The lowest BCUT2D eigenvalue weighted by molar-refractivity contribution is 0.0500. The number of hydrogen-bond acceptors (Lipinski definition) is 3. The van der Waals surface area contributed by atoms with Gasteiger partial charge in [-0.1, -0.05) is 11.6 Å². The second kappa shape index (κ2) is 8.02. The average molecular weight is 368 g/mol. The maximum atomic E-state index is 13.2. The summed E-state index contributed by atoms with van der Waals surface area (Å²) in [6, 6.07) is 4.54. The van der Waals surface area contributed by atoms with Crippen molar-refractivity contribution in [1.82, 2.24) is 14.7 Å². The fourth-order valence-electron chi connectivity index (χ4n) is 3.95. The van der Waals surface area contributed by atoms with E-state index >= 15 is 0 Å². The molecule has 0 aromatic heterocycles. The average Bonchev–Trinajstić information content (AvgIpc) is 2.61. The number of piperazine rings is 1. The second-order valence-corrected chi connectivity index (χ2v) is 7.74. The first-order chi connectivity index (χ1) is 12.0. The lowest BCUT2D eigenvalue weighted by Gasteiger charge is -2.42. The Hall–Kier alpha value is -1.17. The van der Waals surface area contributed by atoms with Crippen LogP contribution in [0.4, 0.5) is 4.39 Å². The zero-order chi connectivity index (χ0) is 18.0. The Morgan fingerprint density at radius 3 is 2.40 bits per heavy atom. The van der Waals surface area contributed by atoms with Gasteiger partial charge in [-0.15, -0.1) is 0 Å². The predicted molar refractivity (Wildman–Crippen MR) is 98.6 cm³/mol. The fourth-order valence-corrected chi connectivity index (χ4v) is 4.19. The monoisotopic (exact) mass is 367 g/mol. The molecular formula is C19H27ClFN3O. The number of carbonyl (C=O) groups excluding carboxylic acids is 1. The Kier molecular flexibility index (Phi) is 5.97. The van der Waals surface area contributed by atoms with E-state index in [2.05, 4.69) is 23.8 Å². The smallest absolute Gasteiger partial charge is 0.255 e. The SMILES string of the molecule is C[C@@H](C1CCN(C(=O)c2ccc(F)cc2Cl)CC1)N1CCN(C)CC1. The quantitative estimate of drug-likeness (QED) is 0.821. The molecule has 0 saturated carbocycles. The molecule has 4 nitrogen and oxygen atoms in total. The number of amides is 1. The molecule has 2 saturated heterocycles. The molecule has 1 aromatic carbocycles. The van der Waals surface area contributed by atoms with Gasteiger partial charge in [-0.3, -0.25) is 9.69 Å². The number of rotatable bonds is 3. The molecule has 1 atom stereocenters. The van der Waals surface area contributed by atoms with E-state index in [1.807, 2.05) is 4.90 Å². The number of piperidine rings is 1. The van der Waals surface area contributed by atoms with Crippen molar-refractivity contribution in [2.45, 2.75) is 25.8 Å². The Bertz CT molecular complexity index is 611. The highest BCUT2D eigenvalue weighted by molar-refractivity contribution is 6.33. The summed E-state index contributed by atoms with van der Waals surface area (Å²) in [6.45, 7) is 8.33. The third kappa shape index (κ3) is 4.33. The van der Waals surface area contributed by atoms with Gasteiger partial charge in [0.25, 0.3) is 5.91 Å². The molecule has 25 heavy (non-hydrogen) atoms. The molecule has 0 unspecified atom stereocenters. The molecule has 138 valence electrons. The molecule has 0 spiro atoms. The topological polar surface area (TPSA) is 26.8 Å². The molecule has 1 aromatic rings. The van der Waals surface area contributed by atoms with E-state index in [4.69, 9.17) is 11.6 Å². The Labute approximate surface area is 154 Å². The Morgan fingerprint density at radius 2 is 1.80 bits per heavy atom. The molecule has 0 N–H and O–H groups in total. The minimum absolute atomic E-state index is 0.0873. The number of nitrogens with zero attached hydrogens (tertiary/aromatic N) is 3. The maximum Gasteiger partial charge on any atom is 0.255 e. The molecule has 3 rings (SSSR count). The first-order valence-corrected chi connectivity index (χ1v) is 9.50. The van der Waals surface area contributed by atoms with Crippen LogP contribution in [0, 0.1) is 11.7 Å². The zero-order valence-electron chi connectivity index (χ0n) is 15.0. The molecule has 2 aliphatic heterocycles. The largest absolute Gasteiger partial charge is 0.339 e. The van der Waals surface area contributed by atoms with E-state index in [1.165, 1.54) is 18.2 Å². The van der Waals surface area contributed by atoms with Crippen molar-refractivity contribution < 1.29 is 9.18 Å². The number of likely N-dealkylation sites (N-methyl/N-ethyl adjacent to an activating group) is 1. The van der Waals surface area contributed by atoms with Crippen LogP contribution < -0.4 is 0 Å². The van der Waals surface area contributed by atoms with Gasteiger partial charge in [0.05, 0.1) is 10.6 Å². The van der Waals surface area contributed by atoms with Crippen LogP contribution in [0.3, 0.4) is 0 Å². The van der Waals surface area contributed by atoms with Gasteiger partial charge in [0.15, 0.2) is 0 Å². The molecule has 0 radical (unpaired) electrons. The summed E-state index contributed by atoms with van der Waals surface area (Å²) in [5.41, 5.74) is 0.397. The normalized spacial score (nSPS) is 22.2. The van der Waals surface area contributed by atoms with Gasteiger partial charge in [0.2, 0.25) is 0 Å². The van der Waals surface area contributed by atoms with Gasteiger partial charge < -0.3 is 9.80 Å². The molecule has 0 bridgehead atoms. The number of benzene rings is 1. The van der Waals surface area contributed by atoms with Crippen LogP contribution in [0.1, 0.15) is 30.1 Å². The van der Waals surface area contributed by atoms with Gasteiger partial charge in [0, 0.05) is 45.3 Å². The van der Waals surface area contributed by atoms with Crippen molar-refractivity contribution in [2.24, 2.45) is 5.92 Å². The highest BCUT2D eigenvalue weighted by atomic mass is 35.5. The van der Waals surface area contributed by atoms with Crippen molar-refractivity contribution in [3.8, 4) is 0 Å². The van der Waals surface area contributed by atoms with Crippen molar-refractivity contribution >= 4 is 17.5 Å². The molecule has 1 amide bonds. The third-order valence-electron chi connectivity index (χ3n) is 5.78. The number of carbonyl (C=O) groups is 1. The Balaban J connectivity index is 1.55. The van der Waals surface area contributed by atoms with Crippen LogP contribution in [0.5, 0.6) is 0 Å². The van der Waals surface area contributed by atoms with Gasteiger partial charge in [-0.2, -0.15) is 0 Å². The summed E-state index contributed by atoms with van der Waals surface area (Å²) >= 11 is 6.04. The summed E-state index contributed by atoms with van der Waals surface area (Å²) in [4.78, 5) is 19.5. The summed E-state index contributed by atoms with van der Waals surface area (Å²) in [6.07, 6.45) is 2.02. The standard InChI is InChI=1S/C19H27ClFN3O/c1-14(23-11-9-22(2)10-12-23)15-5-7-24(8-6-15)19(25)17-4-3-16(21)13-18(17)20/h3-4,13-15H,5-12H2,1-2H3/t14-/m0/s1. The van der Waals surface area contributed by atoms with Gasteiger partial charge in [-0.05, 0) is 50.9 Å². The lowest BCUT2D eigenvalue weighted by atomic mass is 9.88. The van der Waals surface area contributed by atoms with Crippen molar-refractivity contribution in [3.05, 3.63) is 34.6 Å². The molecular weight excluding hydrogens is 341 g/mol. The van der Waals surface area contributed by atoms with Crippen LogP contribution in [-0.2, 0) is 0 Å². The maximum absolute atomic E-state index is 13.2. The van der Waals surface area contributed by atoms with Gasteiger partial charge in [-0.25, -0.2) is 4.39 Å². The number of likely N-dealkylation sites (tertiary alicyclic amines) is 1. The first kappa shape index (κ1) is 18.6. The summed E-state index contributed by atoms with van der Waals surface area (Å²) < 4.78 is 13.2. The summed E-state index contributed by atoms with van der Waals surface area (Å²) in [7, 11) is 2.17. The Morgan fingerprint density at radius 1 is 1.16 bits per heavy atom. The van der Waals surface area contributed by atoms with Crippen molar-refractivity contribution in [2.75, 3.05) is 46.3 Å². The van der Waals surface area contributed by atoms with Crippen LogP contribution in [0.15, 0.2) is 18.2 Å². The van der Waals surface area contributed by atoms with E-state index in [-0.39, 0.29) is 10.9 Å². The third-order valence-corrected chi connectivity index (χ3v) is 6.10. The van der Waals surface area contributed by atoms with Gasteiger partial charge in [0.1, 0.15) is 5.82 Å². The highest BCUT2D eigenvalue weighted by Crippen LogP contribution is 2.27. The van der Waals surface area contributed by atoms with E-state index in [0.29, 0.717) is 17.5 Å². The van der Waals surface area contributed by atoms with E-state index in [0.717, 1.165) is 52.1 Å². The number of halogens is 2. The fraction of sp³-hybridized carbons (Fsp3) is 0.632. The summed E-state index contributed by atoms with van der Waals surface area (Å²) in [5, 5.41) is 0.193. The zero-order valence-corrected chi connectivity index (χ0v) is 15.8. The van der Waals surface area contributed by atoms with E-state index in [9.17, 15) is 9.18 Å². The van der Waals surface area contributed by atoms with Crippen LogP contribution in [0.2, 0.25) is 5.02 Å². The van der Waals surface area contributed by atoms with Crippen LogP contribution in [-0.4, -0.2) is 73.0 Å². The van der Waals surface area contributed by atoms with Crippen LogP contribution in [0.25, 0.3) is 0 Å². The molecule has 2 heterocycles. The summed E-state index contributed by atoms with van der Waals surface area (Å²) in [5.74, 6) is 0.119. The molecule has 0 aliphatic carbocycles. The minimum Gasteiger partial charge on any atom is -0.339 e. The van der Waals surface area contributed by atoms with Gasteiger partial charge >= 0.3 is 0 Å². The lowest BCUT2D eigenvalue weighted by Crippen LogP contribution is -2.52. The molecule has 2 aliphatic rings. The van der Waals surface area contributed by atoms with Crippen molar-refractivity contribution in [3.63, 3.8) is 0 Å². The van der Waals surface area contributed by atoms with Crippen LogP contribution >= 0.6 is 11.6 Å². The van der Waals surface area contributed by atoms with E-state index < -0.39 is 5.82 Å². The van der Waals surface area contributed by atoms with E-state index in [1.54, 1.807) is 0 Å². The number of hydrogen-bond donors (Lipinski definition) is 0. The molecule has 6 heteroatoms.